The molecule has 1 aliphatic rings. The summed E-state index contributed by atoms with van der Waals surface area (Å²) >= 11 is 1.33. The molecule has 0 aliphatic carbocycles. The largest absolute Gasteiger partial charge is 0.497 e. The molecule has 0 bridgehead atoms. The highest BCUT2D eigenvalue weighted by molar-refractivity contribution is 7.14. The van der Waals surface area contributed by atoms with Crippen LogP contribution in [0.1, 0.15) is 25.3 Å². The maximum absolute atomic E-state index is 13.8. The van der Waals surface area contributed by atoms with Crippen LogP contribution in [0.4, 0.5) is 5.13 Å². The number of anilines is 1. The molecule has 3 atom stereocenters. The third-order valence-corrected chi connectivity index (χ3v) is 7.58. The summed E-state index contributed by atoms with van der Waals surface area (Å²) in [5, 5.41) is 9.02. The van der Waals surface area contributed by atoms with E-state index in [1.54, 1.807) is 21.1 Å². The second kappa shape index (κ2) is 11.1. The van der Waals surface area contributed by atoms with Gasteiger partial charge in [-0.1, -0.05) is 30.3 Å². The van der Waals surface area contributed by atoms with Gasteiger partial charge in [-0.25, -0.2) is 14.6 Å². The van der Waals surface area contributed by atoms with Crippen molar-refractivity contribution in [3.63, 3.8) is 0 Å². The van der Waals surface area contributed by atoms with Crippen molar-refractivity contribution >= 4 is 28.4 Å². The van der Waals surface area contributed by atoms with Gasteiger partial charge in [-0.3, -0.25) is 0 Å². The standard InChI is InChI=1S/C28H31N3O6S/c1-16-23(25(32)36-5)24(18-10-8-7-9-11-18)28(17(2)29-16,26(33)37-6)31-27-30-21(15-38-27)20-14-19(34-3)12-13-22(20)35-4/h7-15,17,24,29H,1-6H3,(H,30,31). The molecule has 10 heteroatoms. The number of benzene rings is 2. The molecule has 0 saturated heterocycles. The van der Waals surface area contributed by atoms with Gasteiger partial charge in [0.05, 0.1) is 51.7 Å². The van der Waals surface area contributed by atoms with Crippen molar-refractivity contribution in [1.29, 1.82) is 0 Å². The Hall–Kier alpha value is -4.05. The number of hydrogen-bond donors (Lipinski definition) is 2. The summed E-state index contributed by atoms with van der Waals surface area (Å²) in [5.74, 6) is -0.528. The molecule has 4 rings (SSSR count). The third kappa shape index (κ3) is 4.67. The minimum Gasteiger partial charge on any atom is -0.497 e. The molecule has 1 aromatic heterocycles. The van der Waals surface area contributed by atoms with E-state index in [1.807, 2.05) is 60.8 Å². The Balaban J connectivity index is 1.88. The molecule has 0 fully saturated rings. The lowest BCUT2D eigenvalue weighted by Gasteiger charge is -2.47. The average Bonchev–Trinajstić information content (AvgIpc) is 3.41. The first-order valence-electron chi connectivity index (χ1n) is 12.0. The number of carbonyl (C=O) groups is 2. The second-order valence-corrected chi connectivity index (χ2v) is 9.69. The van der Waals surface area contributed by atoms with E-state index in [0.29, 0.717) is 33.6 Å². The van der Waals surface area contributed by atoms with Crippen molar-refractivity contribution < 1.29 is 28.5 Å². The van der Waals surface area contributed by atoms with Crippen LogP contribution < -0.4 is 20.1 Å². The van der Waals surface area contributed by atoms with Crippen LogP contribution in [-0.2, 0) is 19.1 Å². The van der Waals surface area contributed by atoms with Gasteiger partial charge >= 0.3 is 11.9 Å². The summed E-state index contributed by atoms with van der Waals surface area (Å²) < 4.78 is 21.4. The molecule has 2 N–H and O–H groups in total. The van der Waals surface area contributed by atoms with Crippen LogP contribution in [0.5, 0.6) is 11.5 Å². The predicted molar refractivity (Wildman–Crippen MR) is 146 cm³/mol. The zero-order chi connectivity index (χ0) is 27.4. The van der Waals surface area contributed by atoms with Gasteiger partial charge in [-0.15, -0.1) is 11.3 Å². The minimum atomic E-state index is -1.44. The van der Waals surface area contributed by atoms with Crippen molar-refractivity contribution in [2.24, 2.45) is 0 Å². The van der Waals surface area contributed by atoms with Crippen LogP contribution in [0.25, 0.3) is 11.3 Å². The SMILES string of the molecule is COC(=O)C1=C(C)NC(C)C(Nc2nc(-c3cc(OC)ccc3OC)cs2)(C(=O)OC)C1c1ccccc1. The minimum absolute atomic E-state index is 0.334. The highest BCUT2D eigenvalue weighted by Crippen LogP contribution is 2.46. The predicted octanol–water partition coefficient (Wildman–Crippen LogP) is 4.37. The molecule has 0 saturated carbocycles. The Morgan fingerprint density at radius 3 is 2.39 bits per heavy atom. The van der Waals surface area contributed by atoms with Crippen molar-refractivity contribution in [1.82, 2.24) is 10.3 Å². The number of methoxy groups -OCH3 is 4. The van der Waals surface area contributed by atoms with Crippen molar-refractivity contribution in [3.8, 4) is 22.8 Å². The van der Waals surface area contributed by atoms with Gasteiger partial charge in [0, 0.05) is 16.6 Å². The van der Waals surface area contributed by atoms with Crippen LogP contribution in [0.15, 0.2) is 65.2 Å². The molecule has 0 spiro atoms. The zero-order valence-electron chi connectivity index (χ0n) is 22.2. The van der Waals surface area contributed by atoms with Gasteiger partial charge in [-0.2, -0.15) is 0 Å². The maximum atomic E-state index is 13.8. The second-order valence-electron chi connectivity index (χ2n) is 8.83. The summed E-state index contributed by atoms with van der Waals surface area (Å²) in [6, 6.07) is 14.3. The molecule has 3 unspecified atom stereocenters. The zero-order valence-corrected chi connectivity index (χ0v) is 23.0. The lowest BCUT2D eigenvalue weighted by Crippen LogP contribution is -2.66. The number of rotatable bonds is 8. The summed E-state index contributed by atoms with van der Waals surface area (Å²) in [6.45, 7) is 3.67. The van der Waals surface area contributed by atoms with Gasteiger partial charge in [0.25, 0.3) is 0 Å². The number of nitrogens with zero attached hydrogens (tertiary/aromatic N) is 1. The molecular formula is C28H31N3O6S. The molecule has 0 amide bonds. The quantitative estimate of drug-likeness (QED) is 0.405. The molecule has 1 aliphatic heterocycles. The van der Waals surface area contributed by atoms with Gasteiger partial charge in [0.1, 0.15) is 11.5 Å². The third-order valence-electron chi connectivity index (χ3n) is 6.83. The Morgan fingerprint density at radius 1 is 1.03 bits per heavy atom. The van der Waals surface area contributed by atoms with Gasteiger partial charge in [0.2, 0.25) is 0 Å². The summed E-state index contributed by atoms with van der Waals surface area (Å²) in [6.07, 6.45) is 0. The van der Waals surface area contributed by atoms with Crippen LogP contribution in [0.2, 0.25) is 0 Å². The van der Waals surface area contributed by atoms with E-state index in [-0.39, 0.29) is 0 Å². The number of esters is 2. The van der Waals surface area contributed by atoms with E-state index >= 15 is 0 Å². The molecule has 3 aromatic rings. The van der Waals surface area contributed by atoms with E-state index in [0.717, 1.165) is 11.1 Å². The number of nitrogens with one attached hydrogen (secondary N) is 2. The Morgan fingerprint density at radius 2 is 1.76 bits per heavy atom. The van der Waals surface area contributed by atoms with E-state index in [1.165, 1.54) is 25.6 Å². The molecule has 200 valence electrons. The van der Waals surface area contributed by atoms with E-state index in [2.05, 4.69) is 10.6 Å². The number of aromatic nitrogens is 1. The lowest BCUT2D eigenvalue weighted by atomic mass is 9.68. The highest BCUT2D eigenvalue weighted by Gasteiger charge is 2.58. The fraction of sp³-hybridized carbons (Fsp3) is 0.321. The topological polar surface area (TPSA) is 108 Å². The number of carbonyl (C=O) groups excluding carboxylic acids is 2. The normalized spacial score (nSPS) is 20.8. The van der Waals surface area contributed by atoms with E-state index in [9.17, 15) is 9.59 Å². The smallest absolute Gasteiger partial charge is 0.336 e. The number of allylic oxidation sites excluding steroid dienone is 1. The van der Waals surface area contributed by atoms with Gasteiger partial charge in [0.15, 0.2) is 10.7 Å². The Kier molecular flexibility index (Phi) is 7.91. The first-order valence-corrected chi connectivity index (χ1v) is 12.8. The molecule has 38 heavy (non-hydrogen) atoms. The number of thiazole rings is 1. The first-order chi connectivity index (χ1) is 18.3. The van der Waals surface area contributed by atoms with Crippen LogP contribution in [0.3, 0.4) is 0 Å². The molecule has 2 aromatic carbocycles. The van der Waals surface area contributed by atoms with Crippen molar-refractivity contribution in [3.05, 3.63) is 70.7 Å². The summed E-state index contributed by atoms with van der Waals surface area (Å²) in [4.78, 5) is 31.6. The van der Waals surface area contributed by atoms with Crippen LogP contribution >= 0.6 is 11.3 Å². The maximum Gasteiger partial charge on any atom is 0.336 e. The van der Waals surface area contributed by atoms with Gasteiger partial charge < -0.3 is 29.6 Å². The van der Waals surface area contributed by atoms with E-state index < -0.39 is 29.4 Å². The van der Waals surface area contributed by atoms with Crippen molar-refractivity contribution in [2.75, 3.05) is 33.8 Å². The van der Waals surface area contributed by atoms with Crippen LogP contribution in [-0.4, -0.2) is 56.9 Å². The average molecular weight is 538 g/mol. The fourth-order valence-electron chi connectivity index (χ4n) is 5.01. The van der Waals surface area contributed by atoms with Crippen LogP contribution in [0, 0.1) is 0 Å². The molecule has 2 heterocycles. The number of ether oxygens (including phenoxy) is 4. The highest BCUT2D eigenvalue weighted by atomic mass is 32.1. The van der Waals surface area contributed by atoms with E-state index in [4.69, 9.17) is 23.9 Å². The summed E-state index contributed by atoms with van der Waals surface area (Å²) in [5.41, 5.74) is 1.66. The molecule has 0 radical (unpaired) electrons. The number of hydrogen-bond acceptors (Lipinski definition) is 10. The fourth-order valence-corrected chi connectivity index (χ4v) is 5.79. The van der Waals surface area contributed by atoms with Crippen molar-refractivity contribution in [2.45, 2.75) is 31.3 Å². The molecular weight excluding hydrogens is 506 g/mol. The lowest BCUT2D eigenvalue weighted by molar-refractivity contribution is -0.148. The monoisotopic (exact) mass is 537 g/mol. The Labute approximate surface area is 225 Å². The van der Waals surface area contributed by atoms with Gasteiger partial charge in [-0.05, 0) is 37.6 Å². The Bertz CT molecular complexity index is 1360. The molecule has 9 nitrogen and oxygen atoms in total. The summed E-state index contributed by atoms with van der Waals surface area (Å²) in [7, 11) is 5.84. The first kappa shape index (κ1) is 27.0.